The Morgan fingerprint density at radius 3 is 2.34 bits per heavy atom. The second-order valence-corrected chi connectivity index (χ2v) is 6.47. The summed E-state index contributed by atoms with van der Waals surface area (Å²) in [6.07, 6.45) is 1.10. The van der Waals surface area contributed by atoms with Gasteiger partial charge >= 0.3 is 17.5 Å². The van der Waals surface area contributed by atoms with Crippen LogP contribution in [0.5, 0.6) is 23.1 Å². The maximum absolute atomic E-state index is 11.8. The molecule has 1 heterocycles. The number of nitrogens with zero attached hydrogens (tertiary/aromatic N) is 3. The SMILES string of the molecule is COC(=O)c1ccc(Oc2ncnc(Nc3cc(Cl)c(OC)cc3OC)c2[N+](=O)[O-])cc1. The molecule has 0 atom stereocenters. The molecule has 12 heteroatoms. The van der Waals surface area contributed by atoms with Gasteiger partial charge in [-0.3, -0.25) is 10.1 Å². The van der Waals surface area contributed by atoms with Gasteiger partial charge in [0.05, 0.1) is 42.5 Å². The molecule has 3 aromatic rings. The normalized spacial score (nSPS) is 10.2. The van der Waals surface area contributed by atoms with Crippen molar-refractivity contribution in [2.75, 3.05) is 26.6 Å². The number of ether oxygens (including phenoxy) is 4. The van der Waals surface area contributed by atoms with Gasteiger partial charge in [-0.15, -0.1) is 0 Å². The lowest BCUT2D eigenvalue weighted by molar-refractivity contribution is -0.385. The molecule has 0 fully saturated rings. The standard InChI is InChI=1S/C20H17ClN4O7/c1-29-15-9-16(30-2)14(8-13(15)21)24-18-17(25(27)28)19(23-10-22-18)32-12-6-4-11(5-7-12)20(26)31-3/h4-10H,1-3H3,(H,22,23,24). The second-order valence-electron chi connectivity index (χ2n) is 6.06. The minimum absolute atomic E-state index is 0.147. The summed E-state index contributed by atoms with van der Waals surface area (Å²) in [6.45, 7) is 0. The minimum atomic E-state index is -0.682. The van der Waals surface area contributed by atoms with Crippen molar-refractivity contribution >= 4 is 34.8 Å². The van der Waals surface area contributed by atoms with Crippen LogP contribution in [0, 0.1) is 10.1 Å². The Labute approximate surface area is 187 Å². The molecule has 11 nitrogen and oxygen atoms in total. The number of nitrogens with one attached hydrogen (secondary N) is 1. The van der Waals surface area contributed by atoms with Crippen LogP contribution in [-0.2, 0) is 4.74 Å². The van der Waals surface area contributed by atoms with E-state index in [1.807, 2.05) is 0 Å². The molecule has 0 amide bonds. The summed E-state index contributed by atoms with van der Waals surface area (Å²) in [4.78, 5) is 30.5. The first-order valence-electron chi connectivity index (χ1n) is 8.92. The van der Waals surface area contributed by atoms with E-state index in [0.29, 0.717) is 22.7 Å². The summed E-state index contributed by atoms with van der Waals surface area (Å²) in [6, 6.07) is 8.83. The Hall–Kier alpha value is -4.12. The molecule has 0 spiro atoms. The molecule has 0 aliphatic heterocycles. The molecule has 0 aliphatic carbocycles. The van der Waals surface area contributed by atoms with Crippen molar-refractivity contribution in [3.05, 3.63) is 63.4 Å². The molecule has 0 radical (unpaired) electrons. The van der Waals surface area contributed by atoms with E-state index in [1.54, 1.807) is 0 Å². The Balaban J connectivity index is 1.96. The monoisotopic (exact) mass is 460 g/mol. The molecule has 32 heavy (non-hydrogen) atoms. The summed E-state index contributed by atoms with van der Waals surface area (Å²) in [5.41, 5.74) is 0.0925. The van der Waals surface area contributed by atoms with E-state index in [-0.39, 0.29) is 22.5 Å². The number of benzene rings is 2. The Morgan fingerprint density at radius 2 is 1.75 bits per heavy atom. The van der Waals surface area contributed by atoms with Gasteiger partial charge in [0.1, 0.15) is 23.6 Å². The fourth-order valence-corrected chi connectivity index (χ4v) is 2.91. The van der Waals surface area contributed by atoms with Crippen molar-refractivity contribution in [3.63, 3.8) is 0 Å². The van der Waals surface area contributed by atoms with Crippen molar-refractivity contribution < 1.29 is 28.7 Å². The molecule has 2 aromatic carbocycles. The van der Waals surface area contributed by atoms with Crippen molar-refractivity contribution in [1.29, 1.82) is 0 Å². The lowest BCUT2D eigenvalue weighted by Crippen LogP contribution is -2.05. The van der Waals surface area contributed by atoms with Gasteiger partial charge in [-0.05, 0) is 30.3 Å². The van der Waals surface area contributed by atoms with E-state index >= 15 is 0 Å². The predicted octanol–water partition coefficient (Wildman–Crippen LogP) is 4.38. The Kier molecular flexibility index (Phi) is 6.90. The molecule has 0 aliphatic rings. The maximum atomic E-state index is 11.8. The van der Waals surface area contributed by atoms with Crippen molar-refractivity contribution in [2.45, 2.75) is 0 Å². The zero-order chi connectivity index (χ0) is 23.3. The molecule has 1 N–H and O–H groups in total. The maximum Gasteiger partial charge on any atom is 0.373 e. The first-order valence-corrected chi connectivity index (χ1v) is 9.29. The highest BCUT2D eigenvalue weighted by Crippen LogP contribution is 2.40. The number of hydrogen-bond donors (Lipinski definition) is 1. The van der Waals surface area contributed by atoms with Crippen LogP contribution < -0.4 is 19.5 Å². The highest BCUT2D eigenvalue weighted by molar-refractivity contribution is 6.32. The topological polar surface area (TPSA) is 135 Å². The summed E-state index contributed by atoms with van der Waals surface area (Å²) in [5, 5.41) is 14.9. The number of rotatable bonds is 8. The fourth-order valence-electron chi connectivity index (χ4n) is 2.67. The van der Waals surface area contributed by atoms with Gasteiger partial charge in [-0.2, -0.15) is 4.98 Å². The number of esters is 1. The second kappa shape index (κ2) is 9.79. The average molecular weight is 461 g/mol. The number of anilines is 2. The third-order valence-electron chi connectivity index (χ3n) is 4.19. The first-order chi connectivity index (χ1) is 15.4. The van der Waals surface area contributed by atoms with Gasteiger partial charge in [0.15, 0.2) is 0 Å². The summed E-state index contributed by atoms with van der Waals surface area (Å²) >= 11 is 6.17. The molecule has 1 aromatic heterocycles. The fraction of sp³-hybridized carbons (Fsp3) is 0.150. The number of aromatic nitrogens is 2. The van der Waals surface area contributed by atoms with Crippen LogP contribution in [0.15, 0.2) is 42.7 Å². The van der Waals surface area contributed by atoms with Crippen LogP contribution in [0.2, 0.25) is 5.02 Å². The van der Waals surface area contributed by atoms with Gasteiger partial charge in [0.25, 0.3) is 0 Å². The van der Waals surface area contributed by atoms with Gasteiger partial charge in [0.2, 0.25) is 5.82 Å². The van der Waals surface area contributed by atoms with Crippen LogP contribution >= 0.6 is 11.6 Å². The van der Waals surface area contributed by atoms with Gasteiger partial charge in [-0.25, -0.2) is 9.78 Å². The molecular formula is C20H17ClN4O7. The minimum Gasteiger partial charge on any atom is -0.495 e. The van der Waals surface area contributed by atoms with Crippen molar-refractivity contribution in [2.24, 2.45) is 0 Å². The molecule has 0 bridgehead atoms. The molecule has 3 rings (SSSR count). The predicted molar refractivity (Wildman–Crippen MR) is 114 cm³/mol. The number of halogens is 1. The van der Waals surface area contributed by atoms with Gasteiger partial charge < -0.3 is 24.3 Å². The van der Waals surface area contributed by atoms with Crippen molar-refractivity contribution in [1.82, 2.24) is 9.97 Å². The molecule has 0 unspecified atom stereocenters. The Bertz CT molecular complexity index is 1160. The first kappa shape index (κ1) is 22.6. The smallest absolute Gasteiger partial charge is 0.373 e. The highest BCUT2D eigenvalue weighted by Gasteiger charge is 2.26. The largest absolute Gasteiger partial charge is 0.495 e. The number of carbonyl (C=O) groups excluding carboxylic acids is 1. The van der Waals surface area contributed by atoms with Crippen LogP contribution in [-0.4, -0.2) is 42.2 Å². The quantitative estimate of drug-likeness (QED) is 0.293. The van der Waals surface area contributed by atoms with Crippen LogP contribution in [0.4, 0.5) is 17.2 Å². The summed E-state index contributed by atoms with van der Waals surface area (Å²) in [5.74, 6) is -0.0769. The van der Waals surface area contributed by atoms with E-state index in [0.717, 1.165) is 6.33 Å². The number of methoxy groups -OCH3 is 3. The van der Waals surface area contributed by atoms with Crippen LogP contribution in [0.25, 0.3) is 0 Å². The van der Waals surface area contributed by atoms with E-state index in [1.165, 1.54) is 57.7 Å². The zero-order valence-electron chi connectivity index (χ0n) is 17.1. The number of carbonyl (C=O) groups is 1. The van der Waals surface area contributed by atoms with E-state index in [4.69, 9.17) is 25.8 Å². The average Bonchev–Trinajstić information content (AvgIpc) is 2.79. The van der Waals surface area contributed by atoms with Crippen molar-refractivity contribution in [3.8, 4) is 23.1 Å². The Morgan fingerprint density at radius 1 is 1.06 bits per heavy atom. The number of nitro groups is 1. The summed E-state index contributed by atoms with van der Waals surface area (Å²) in [7, 11) is 4.13. The third-order valence-corrected chi connectivity index (χ3v) is 4.48. The molecule has 0 saturated heterocycles. The van der Waals surface area contributed by atoms with Crippen LogP contribution in [0.3, 0.4) is 0 Å². The lowest BCUT2D eigenvalue weighted by Gasteiger charge is -2.14. The van der Waals surface area contributed by atoms with E-state index in [2.05, 4.69) is 20.0 Å². The van der Waals surface area contributed by atoms with E-state index in [9.17, 15) is 14.9 Å². The molecule has 0 saturated carbocycles. The summed E-state index contributed by atoms with van der Waals surface area (Å²) < 4.78 is 20.7. The third kappa shape index (κ3) is 4.78. The molecule has 166 valence electrons. The van der Waals surface area contributed by atoms with Gasteiger partial charge in [-0.1, -0.05) is 11.6 Å². The highest BCUT2D eigenvalue weighted by atomic mass is 35.5. The van der Waals surface area contributed by atoms with Crippen LogP contribution in [0.1, 0.15) is 10.4 Å². The lowest BCUT2D eigenvalue weighted by atomic mass is 10.2. The number of hydrogen-bond acceptors (Lipinski definition) is 10. The van der Waals surface area contributed by atoms with Gasteiger partial charge in [0, 0.05) is 6.07 Å². The zero-order valence-corrected chi connectivity index (χ0v) is 17.9. The molecular weight excluding hydrogens is 444 g/mol. The van der Waals surface area contributed by atoms with E-state index < -0.39 is 16.6 Å².